The van der Waals surface area contributed by atoms with Gasteiger partial charge in [-0.05, 0) is 29.8 Å². The fourth-order valence-electron chi connectivity index (χ4n) is 2.56. The summed E-state index contributed by atoms with van der Waals surface area (Å²) in [6.45, 7) is 0. The van der Waals surface area contributed by atoms with Crippen molar-refractivity contribution in [2.75, 3.05) is 0 Å². The second-order valence-electron chi connectivity index (χ2n) is 5.99. The Labute approximate surface area is 193 Å². The minimum absolute atomic E-state index is 0. The van der Waals surface area contributed by atoms with Gasteiger partial charge in [0.25, 0.3) is 0 Å². The molecule has 1 radical (unpaired) electrons. The average molecular weight is 619 g/mol. The van der Waals surface area contributed by atoms with Gasteiger partial charge in [0.15, 0.2) is 0 Å². The summed E-state index contributed by atoms with van der Waals surface area (Å²) in [5.74, 6) is -4.29. The number of aromatic carboxylic acids is 1. The number of carboxylic acids is 1. The van der Waals surface area contributed by atoms with E-state index in [2.05, 4.69) is 21.0 Å². The smallest absolute Gasteiger partial charge is 0.354 e. The van der Waals surface area contributed by atoms with E-state index in [0.29, 0.717) is 12.1 Å². The minimum Gasteiger partial charge on any atom is -0.477 e. The molecule has 4 aromatic rings. The third-order valence-corrected chi connectivity index (χ3v) is 3.77. The summed E-state index contributed by atoms with van der Waals surface area (Å²) in [7, 11) is 0. The first-order valence-electron chi connectivity index (χ1n) is 8.64. The maximum absolute atomic E-state index is 13.4. The first-order valence-corrected chi connectivity index (χ1v) is 8.64. The maximum Gasteiger partial charge on any atom is 0.354 e. The molecule has 5 nitrogen and oxygen atoms in total. The number of hydrogen-bond donors (Lipinski definition) is 1. The Balaban J connectivity index is 0.000000307. The third-order valence-electron chi connectivity index (χ3n) is 3.77. The van der Waals surface area contributed by atoms with Crippen molar-refractivity contribution >= 4 is 5.97 Å². The van der Waals surface area contributed by atoms with Crippen molar-refractivity contribution in [1.82, 2.24) is 15.0 Å². The van der Waals surface area contributed by atoms with E-state index >= 15 is 0 Å². The van der Waals surface area contributed by atoms with E-state index in [0.717, 1.165) is 18.2 Å². The van der Waals surface area contributed by atoms with E-state index < -0.39 is 29.2 Å². The first-order chi connectivity index (χ1) is 14.8. The molecular formula is C22H12F4IrN3O2-. The molecule has 0 fully saturated rings. The first kappa shape index (κ1) is 24.8. The average Bonchev–Trinajstić information content (AvgIpc) is 2.73. The molecule has 0 aliphatic heterocycles. The van der Waals surface area contributed by atoms with Gasteiger partial charge < -0.3 is 10.1 Å². The fraction of sp³-hybridized carbons (Fsp3) is 0. The molecule has 0 aliphatic carbocycles. The predicted octanol–water partition coefficient (Wildman–Crippen LogP) is 4.94. The zero-order chi connectivity index (χ0) is 22.4. The molecule has 0 bridgehead atoms. The van der Waals surface area contributed by atoms with Crippen LogP contribution in [0, 0.1) is 29.3 Å². The number of halogens is 4. The molecule has 0 atom stereocenters. The molecule has 2 heterocycles. The molecule has 0 amide bonds. The third kappa shape index (κ3) is 6.50. The summed E-state index contributed by atoms with van der Waals surface area (Å²) in [5, 5.41) is 8.32. The van der Waals surface area contributed by atoms with E-state index in [4.69, 9.17) is 5.11 Å². The number of hydrogen-bond acceptors (Lipinski definition) is 4. The summed E-state index contributed by atoms with van der Waals surface area (Å²) in [6.07, 6.45) is 4.08. The van der Waals surface area contributed by atoms with Gasteiger partial charge in [-0.3, -0.25) is 4.98 Å². The largest absolute Gasteiger partial charge is 0.477 e. The van der Waals surface area contributed by atoms with Crippen molar-refractivity contribution in [2.45, 2.75) is 0 Å². The van der Waals surface area contributed by atoms with Crippen molar-refractivity contribution in [2.24, 2.45) is 0 Å². The van der Waals surface area contributed by atoms with E-state index in [1.54, 1.807) is 12.1 Å². The van der Waals surface area contributed by atoms with Gasteiger partial charge in [0.1, 0.15) is 17.3 Å². The summed E-state index contributed by atoms with van der Waals surface area (Å²) in [5.41, 5.74) is 0.370. The molecule has 165 valence electrons. The summed E-state index contributed by atoms with van der Waals surface area (Å²) in [4.78, 5) is 21.7. The van der Waals surface area contributed by atoms with Crippen LogP contribution in [0.1, 0.15) is 10.5 Å². The topological polar surface area (TPSA) is 76.0 Å². The molecule has 0 unspecified atom stereocenters. The van der Waals surface area contributed by atoms with E-state index in [1.165, 1.54) is 24.7 Å². The van der Waals surface area contributed by atoms with Crippen LogP contribution in [0.5, 0.6) is 0 Å². The van der Waals surface area contributed by atoms with Crippen molar-refractivity contribution in [3.8, 4) is 22.5 Å². The second-order valence-corrected chi connectivity index (χ2v) is 5.99. The standard InChI is InChI=1S/C16H7F4N2.C6H5NO2.Ir/c17-11-3-9(4-12(18)7-11)15-16(22-2-1-21-15)10-5-13(19)8-14(20)6-10;8-6(9)5-3-1-2-4-7-5;/h1-5,7-8H;1-4H,(H,8,9);/q-1;;. The van der Waals surface area contributed by atoms with Crippen LogP contribution in [-0.2, 0) is 20.1 Å². The summed E-state index contributed by atoms with van der Waals surface area (Å²) >= 11 is 0. The molecule has 1 N–H and O–H groups in total. The Kier molecular flexibility index (Phi) is 8.69. The van der Waals surface area contributed by atoms with Crippen molar-refractivity contribution in [3.63, 3.8) is 0 Å². The molecule has 0 aliphatic rings. The molecule has 2 aromatic heterocycles. The van der Waals surface area contributed by atoms with Crippen LogP contribution in [0.25, 0.3) is 22.5 Å². The van der Waals surface area contributed by atoms with Crippen LogP contribution < -0.4 is 0 Å². The number of nitrogens with zero attached hydrogens (tertiary/aromatic N) is 3. The molecule has 0 saturated carbocycles. The van der Waals surface area contributed by atoms with E-state index in [-0.39, 0.29) is 48.3 Å². The van der Waals surface area contributed by atoms with Crippen LogP contribution in [0.15, 0.2) is 67.1 Å². The van der Waals surface area contributed by atoms with Gasteiger partial charge in [0.05, 0.1) is 5.69 Å². The quantitative estimate of drug-likeness (QED) is 0.260. The maximum atomic E-state index is 13.4. The molecule has 32 heavy (non-hydrogen) atoms. The zero-order valence-corrected chi connectivity index (χ0v) is 18.3. The molecule has 2 aromatic carbocycles. The minimum atomic E-state index is -0.990. The Morgan fingerprint density at radius 3 is 1.94 bits per heavy atom. The SMILES string of the molecule is Fc1[c-]c(-c2nccnc2-c2cc(F)cc(F)c2)cc(F)c1.O=C(O)c1ccccn1.[Ir]. The van der Waals surface area contributed by atoms with Gasteiger partial charge in [-0.15, -0.1) is 17.7 Å². The van der Waals surface area contributed by atoms with Crippen molar-refractivity contribution in [1.29, 1.82) is 0 Å². The normalized spacial score (nSPS) is 9.88. The molecular weight excluding hydrogens is 606 g/mol. The zero-order valence-electron chi connectivity index (χ0n) is 15.9. The van der Waals surface area contributed by atoms with E-state index in [1.807, 2.05) is 0 Å². The Hall–Kier alpha value is -3.49. The van der Waals surface area contributed by atoms with Gasteiger partial charge >= 0.3 is 5.97 Å². The number of rotatable bonds is 3. The van der Waals surface area contributed by atoms with Crippen LogP contribution in [0.4, 0.5) is 17.6 Å². The van der Waals surface area contributed by atoms with Gasteiger partial charge in [-0.1, -0.05) is 12.1 Å². The number of carbonyl (C=O) groups is 1. The van der Waals surface area contributed by atoms with Crippen molar-refractivity contribution < 1.29 is 47.6 Å². The second kappa shape index (κ2) is 11.2. The number of carboxylic acid groups (broad SMARTS) is 1. The van der Waals surface area contributed by atoms with Crippen LogP contribution in [0.2, 0.25) is 0 Å². The fourth-order valence-corrected chi connectivity index (χ4v) is 2.56. The Morgan fingerprint density at radius 1 is 0.781 bits per heavy atom. The Morgan fingerprint density at radius 2 is 1.41 bits per heavy atom. The van der Waals surface area contributed by atoms with Crippen LogP contribution >= 0.6 is 0 Å². The molecule has 10 heteroatoms. The van der Waals surface area contributed by atoms with Crippen LogP contribution in [-0.4, -0.2) is 26.0 Å². The number of benzene rings is 2. The molecule has 4 rings (SSSR count). The number of pyridine rings is 1. The van der Waals surface area contributed by atoms with Gasteiger partial charge in [-0.25, -0.2) is 27.3 Å². The van der Waals surface area contributed by atoms with Gasteiger partial charge in [0.2, 0.25) is 0 Å². The van der Waals surface area contributed by atoms with Crippen molar-refractivity contribution in [3.05, 3.63) is 102 Å². The van der Waals surface area contributed by atoms with Gasteiger partial charge in [0, 0.05) is 62.1 Å². The molecule has 0 saturated heterocycles. The Bertz CT molecular complexity index is 1120. The predicted molar refractivity (Wildman–Crippen MR) is 103 cm³/mol. The molecule has 0 spiro atoms. The van der Waals surface area contributed by atoms with Gasteiger partial charge in [-0.2, -0.15) is 0 Å². The van der Waals surface area contributed by atoms with Crippen LogP contribution in [0.3, 0.4) is 0 Å². The number of aromatic nitrogens is 3. The monoisotopic (exact) mass is 619 g/mol. The summed E-state index contributed by atoms with van der Waals surface area (Å²) in [6, 6.07) is 11.6. The summed E-state index contributed by atoms with van der Waals surface area (Å²) < 4.78 is 53.4. The van der Waals surface area contributed by atoms with E-state index in [9.17, 15) is 22.4 Å².